The molecule has 0 aliphatic carbocycles. The van der Waals surface area contributed by atoms with Gasteiger partial charge in [-0.2, -0.15) is 5.26 Å². The zero-order chi connectivity index (χ0) is 18.5. The Bertz CT molecular complexity index is 813. The van der Waals surface area contributed by atoms with Crippen molar-refractivity contribution >= 4 is 11.3 Å². The van der Waals surface area contributed by atoms with Crippen LogP contribution in [-0.4, -0.2) is 20.3 Å². The molecule has 1 aliphatic heterocycles. The summed E-state index contributed by atoms with van der Waals surface area (Å²) in [4.78, 5) is 2.16. The topological polar surface area (TPSA) is 36.3 Å². The van der Waals surface area contributed by atoms with Crippen molar-refractivity contribution in [3.8, 4) is 6.07 Å². The Balaban J connectivity index is 2.03. The molecular weight excluding hydrogens is 327 g/mol. The summed E-state index contributed by atoms with van der Waals surface area (Å²) in [6.07, 6.45) is 1.93. The van der Waals surface area contributed by atoms with Crippen LogP contribution in [0, 0.1) is 23.1 Å². The van der Waals surface area contributed by atoms with Crippen LogP contribution in [0.4, 0.5) is 10.1 Å². The summed E-state index contributed by atoms with van der Waals surface area (Å²) < 4.78 is 18.9. The van der Waals surface area contributed by atoms with E-state index in [0.717, 1.165) is 37.3 Å². The number of benzene rings is 2. The Morgan fingerprint density at radius 3 is 2.27 bits per heavy atom. The van der Waals surface area contributed by atoms with E-state index in [2.05, 4.69) is 17.9 Å². The van der Waals surface area contributed by atoms with Gasteiger partial charge >= 0.3 is 0 Å². The van der Waals surface area contributed by atoms with E-state index in [0.29, 0.717) is 11.5 Å². The van der Waals surface area contributed by atoms with Crippen LogP contribution >= 0.6 is 0 Å². The lowest BCUT2D eigenvalue weighted by Gasteiger charge is -2.34. The SMILES string of the molecule is C/C(=C(/C1CCOCC1)N(C)c1ccc(F)cc1)c1ccc(C#N)cc1. The summed E-state index contributed by atoms with van der Waals surface area (Å²) in [5.74, 6) is 0.150. The number of halogens is 1. The smallest absolute Gasteiger partial charge is 0.123 e. The van der Waals surface area contributed by atoms with Gasteiger partial charge in [-0.15, -0.1) is 0 Å². The molecule has 2 aromatic carbocycles. The van der Waals surface area contributed by atoms with Crippen LogP contribution in [0.2, 0.25) is 0 Å². The zero-order valence-corrected chi connectivity index (χ0v) is 15.2. The number of allylic oxidation sites excluding steroid dienone is 2. The summed E-state index contributed by atoms with van der Waals surface area (Å²) in [6.45, 7) is 3.63. The highest BCUT2D eigenvalue weighted by Crippen LogP contribution is 2.34. The Kier molecular flexibility index (Phi) is 5.70. The van der Waals surface area contributed by atoms with Gasteiger partial charge in [-0.05, 0) is 67.3 Å². The fourth-order valence-corrected chi connectivity index (χ4v) is 3.55. The minimum Gasteiger partial charge on any atom is -0.381 e. The molecule has 0 radical (unpaired) electrons. The highest BCUT2D eigenvalue weighted by Gasteiger charge is 2.24. The maximum atomic E-state index is 13.3. The third kappa shape index (κ3) is 3.95. The molecule has 0 atom stereocenters. The molecular formula is C22H23FN2O. The van der Waals surface area contributed by atoms with Crippen molar-refractivity contribution in [1.29, 1.82) is 5.26 Å². The molecule has 2 aromatic rings. The minimum atomic E-state index is -0.234. The second-order valence-corrected chi connectivity index (χ2v) is 6.62. The van der Waals surface area contributed by atoms with E-state index in [9.17, 15) is 4.39 Å². The highest BCUT2D eigenvalue weighted by atomic mass is 19.1. The number of rotatable bonds is 4. The van der Waals surface area contributed by atoms with Gasteiger partial charge in [0.05, 0.1) is 11.6 Å². The second-order valence-electron chi connectivity index (χ2n) is 6.62. The molecule has 0 N–H and O–H groups in total. The molecule has 1 heterocycles. The predicted molar refractivity (Wildman–Crippen MR) is 102 cm³/mol. The standard InChI is InChI=1S/C22H23FN2O/c1-16(18-5-3-17(15-24)4-6-18)22(19-11-13-26-14-12-19)25(2)21-9-7-20(23)8-10-21/h3-10,19H,11-14H2,1-2H3/b22-16+. The molecule has 0 aromatic heterocycles. The quantitative estimate of drug-likeness (QED) is 0.779. The molecule has 0 unspecified atom stereocenters. The third-order valence-corrected chi connectivity index (χ3v) is 5.01. The zero-order valence-electron chi connectivity index (χ0n) is 15.2. The van der Waals surface area contributed by atoms with Gasteiger partial charge in [0.25, 0.3) is 0 Å². The van der Waals surface area contributed by atoms with Gasteiger partial charge in [0.1, 0.15) is 5.82 Å². The first kappa shape index (κ1) is 18.2. The number of hydrogen-bond acceptors (Lipinski definition) is 3. The molecule has 0 spiro atoms. The molecule has 0 bridgehead atoms. The molecule has 1 aliphatic rings. The van der Waals surface area contributed by atoms with Crippen molar-refractivity contribution in [3.63, 3.8) is 0 Å². The Morgan fingerprint density at radius 2 is 1.69 bits per heavy atom. The number of nitrogens with zero attached hydrogens (tertiary/aromatic N) is 2. The predicted octanol–water partition coefficient (Wildman–Crippen LogP) is 4.99. The van der Waals surface area contributed by atoms with Gasteiger partial charge in [-0.3, -0.25) is 0 Å². The third-order valence-electron chi connectivity index (χ3n) is 5.01. The fraction of sp³-hybridized carbons (Fsp3) is 0.318. The highest BCUT2D eigenvalue weighted by molar-refractivity contribution is 5.72. The van der Waals surface area contributed by atoms with Gasteiger partial charge in [-0.1, -0.05) is 12.1 Å². The van der Waals surface area contributed by atoms with Crippen molar-refractivity contribution in [2.45, 2.75) is 19.8 Å². The van der Waals surface area contributed by atoms with Crippen LogP contribution < -0.4 is 4.90 Å². The van der Waals surface area contributed by atoms with E-state index in [1.807, 2.05) is 31.3 Å². The van der Waals surface area contributed by atoms with Gasteiger partial charge in [0, 0.05) is 37.6 Å². The average Bonchev–Trinajstić information content (AvgIpc) is 2.69. The van der Waals surface area contributed by atoms with Gasteiger partial charge in [-0.25, -0.2) is 4.39 Å². The lowest BCUT2D eigenvalue weighted by molar-refractivity contribution is 0.0754. The Morgan fingerprint density at radius 1 is 1.08 bits per heavy atom. The van der Waals surface area contributed by atoms with Crippen LogP contribution in [0.1, 0.15) is 30.9 Å². The molecule has 26 heavy (non-hydrogen) atoms. The van der Waals surface area contributed by atoms with Crippen molar-refractivity contribution in [3.05, 3.63) is 71.2 Å². The number of ether oxygens (including phenoxy) is 1. The van der Waals surface area contributed by atoms with Gasteiger partial charge in [0.15, 0.2) is 0 Å². The lowest BCUT2D eigenvalue weighted by Crippen LogP contribution is -2.28. The van der Waals surface area contributed by atoms with E-state index in [1.165, 1.54) is 23.4 Å². The minimum absolute atomic E-state index is 0.234. The fourth-order valence-electron chi connectivity index (χ4n) is 3.55. The summed E-state index contributed by atoms with van der Waals surface area (Å²) >= 11 is 0. The van der Waals surface area contributed by atoms with Crippen molar-refractivity contribution < 1.29 is 9.13 Å². The molecule has 1 saturated heterocycles. The maximum Gasteiger partial charge on any atom is 0.123 e. The first-order valence-corrected chi connectivity index (χ1v) is 8.88. The molecule has 3 nitrogen and oxygen atoms in total. The van der Waals surface area contributed by atoms with Gasteiger partial charge in [0.2, 0.25) is 0 Å². The van der Waals surface area contributed by atoms with Crippen molar-refractivity contribution in [2.24, 2.45) is 5.92 Å². The summed E-state index contributed by atoms with van der Waals surface area (Å²) in [7, 11) is 2.03. The molecule has 3 rings (SSSR count). The van der Waals surface area contributed by atoms with Crippen LogP contribution in [0.25, 0.3) is 5.57 Å². The molecule has 4 heteroatoms. The lowest BCUT2D eigenvalue weighted by atomic mass is 9.89. The average molecular weight is 350 g/mol. The number of nitriles is 1. The normalized spacial score (nSPS) is 15.9. The van der Waals surface area contributed by atoms with Crippen LogP contribution in [-0.2, 0) is 4.74 Å². The second kappa shape index (κ2) is 8.16. The molecule has 134 valence electrons. The first-order valence-electron chi connectivity index (χ1n) is 8.88. The summed E-state index contributed by atoms with van der Waals surface area (Å²) in [6, 6.07) is 16.4. The maximum absolute atomic E-state index is 13.3. The van der Waals surface area contributed by atoms with Crippen LogP contribution in [0.3, 0.4) is 0 Å². The largest absolute Gasteiger partial charge is 0.381 e. The summed E-state index contributed by atoms with van der Waals surface area (Å²) in [5, 5.41) is 9.02. The molecule has 1 fully saturated rings. The summed E-state index contributed by atoms with van der Waals surface area (Å²) in [5.41, 5.74) is 5.11. The Hall–Kier alpha value is -2.64. The van der Waals surface area contributed by atoms with E-state index >= 15 is 0 Å². The monoisotopic (exact) mass is 350 g/mol. The molecule has 0 amide bonds. The number of hydrogen-bond donors (Lipinski definition) is 0. The van der Waals surface area contributed by atoms with Gasteiger partial charge < -0.3 is 9.64 Å². The molecule has 0 saturated carbocycles. The van der Waals surface area contributed by atoms with Crippen molar-refractivity contribution in [2.75, 3.05) is 25.2 Å². The van der Waals surface area contributed by atoms with E-state index in [-0.39, 0.29) is 5.82 Å². The van der Waals surface area contributed by atoms with E-state index in [4.69, 9.17) is 10.00 Å². The van der Waals surface area contributed by atoms with Crippen molar-refractivity contribution in [1.82, 2.24) is 0 Å². The van der Waals surface area contributed by atoms with Crippen LogP contribution in [0.5, 0.6) is 0 Å². The van der Waals surface area contributed by atoms with Crippen LogP contribution in [0.15, 0.2) is 54.2 Å². The van der Waals surface area contributed by atoms with E-state index < -0.39 is 0 Å². The van der Waals surface area contributed by atoms with E-state index in [1.54, 1.807) is 12.1 Å². The Labute approximate surface area is 154 Å². The first-order chi connectivity index (χ1) is 12.6. The number of anilines is 1.